The number of carbonyl (C=O) groups excluding carboxylic acids is 2. The van der Waals surface area contributed by atoms with E-state index in [2.05, 4.69) is 10.6 Å². The Morgan fingerprint density at radius 2 is 1.62 bits per heavy atom. The predicted molar refractivity (Wildman–Crippen MR) is 78.6 cm³/mol. The van der Waals surface area contributed by atoms with Crippen LogP contribution >= 0.6 is 0 Å². The number of unbranched alkanes of at least 4 members (excludes halogenated alkanes) is 1. The van der Waals surface area contributed by atoms with E-state index in [-0.39, 0.29) is 17.6 Å². The number of phenols is 1. The van der Waals surface area contributed by atoms with Crippen LogP contribution in [0, 0.1) is 0 Å². The molecule has 0 saturated carbocycles. The highest BCUT2D eigenvalue weighted by molar-refractivity contribution is 5.97. The number of hydrogen-bond donors (Lipinski definition) is 4. The monoisotopic (exact) mass is 291 g/mol. The van der Waals surface area contributed by atoms with E-state index in [1.54, 1.807) is 24.3 Å². The molecule has 2 atom stereocenters. The number of amides is 2. The molecular formula is C15H21N3O3. The van der Waals surface area contributed by atoms with Gasteiger partial charge in [0.2, 0.25) is 11.8 Å². The molecule has 1 fully saturated rings. The molecule has 0 bridgehead atoms. The third-order valence-electron chi connectivity index (χ3n) is 3.59. The number of nitrogens with one attached hydrogen (secondary N) is 2. The van der Waals surface area contributed by atoms with Gasteiger partial charge in [0, 0.05) is 6.42 Å². The number of nitrogens with two attached hydrogens (primary N) is 1. The molecule has 1 unspecified atom stereocenters. The first-order valence-electron chi connectivity index (χ1n) is 7.19. The van der Waals surface area contributed by atoms with Gasteiger partial charge in [-0.25, -0.2) is 0 Å². The lowest BCUT2D eigenvalue weighted by Crippen LogP contribution is -2.62. The SMILES string of the molecule is NCCCCC1NC(=O)[C@H](Cc2ccc(O)cc2)NC1=O. The first-order chi connectivity index (χ1) is 10.1. The number of hydrogen-bond acceptors (Lipinski definition) is 4. The van der Waals surface area contributed by atoms with Crippen LogP contribution in [0.15, 0.2) is 24.3 Å². The molecule has 2 amide bonds. The third kappa shape index (κ3) is 4.19. The predicted octanol–water partition coefficient (Wildman–Crippen LogP) is 0.0469. The maximum atomic E-state index is 12.1. The van der Waals surface area contributed by atoms with Gasteiger partial charge in [-0.1, -0.05) is 12.1 Å². The van der Waals surface area contributed by atoms with Crippen molar-refractivity contribution in [2.75, 3.05) is 6.54 Å². The molecule has 0 aliphatic carbocycles. The van der Waals surface area contributed by atoms with E-state index in [9.17, 15) is 14.7 Å². The standard InChI is InChI=1S/C15H21N3O3/c16-8-2-1-3-12-14(20)18-13(15(21)17-12)9-10-4-6-11(19)7-5-10/h4-7,12-13,19H,1-3,8-9,16H2,(H,17,21)(H,18,20)/t12?,13-/m0/s1. The number of aromatic hydroxyl groups is 1. The van der Waals surface area contributed by atoms with Crippen molar-refractivity contribution >= 4 is 11.8 Å². The number of rotatable bonds is 6. The third-order valence-corrected chi connectivity index (χ3v) is 3.59. The summed E-state index contributed by atoms with van der Waals surface area (Å²) < 4.78 is 0. The molecule has 2 rings (SSSR count). The van der Waals surface area contributed by atoms with Gasteiger partial charge in [0.1, 0.15) is 17.8 Å². The van der Waals surface area contributed by atoms with E-state index in [0.29, 0.717) is 19.4 Å². The van der Waals surface area contributed by atoms with Crippen molar-refractivity contribution < 1.29 is 14.7 Å². The molecular weight excluding hydrogens is 270 g/mol. The van der Waals surface area contributed by atoms with Crippen LogP contribution in [0.1, 0.15) is 24.8 Å². The minimum Gasteiger partial charge on any atom is -0.508 e. The van der Waals surface area contributed by atoms with Gasteiger partial charge in [0.25, 0.3) is 0 Å². The molecule has 5 N–H and O–H groups in total. The van der Waals surface area contributed by atoms with Crippen molar-refractivity contribution in [2.45, 2.75) is 37.8 Å². The normalized spacial score (nSPS) is 21.8. The summed E-state index contributed by atoms with van der Waals surface area (Å²) in [6.07, 6.45) is 2.68. The number of piperazine rings is 1. The Bertz CT molecular complexity index is 501. The minimum absolute atomic E-state index is 0.143. The number of benzene rings is 1. The summed E-state index contributed by atoms with van der Waals surface area (Å²) in [4.78, 5) is 24.0. The van der Waals surface area contributed by atoms with Crippen LogP contribution in [0.3, 0.4) is 0 Å². The summed E-state index contributed by atoms with van der Waals surface area (Å²) in [6.45, 7) is 0.589. The smallest absolute Gasteiger partial charge is 0.243 e. The van der Waals surface area contributed by atoms with Crippen molar-refractivity contribution in [3.05, 3.63) is 29.8 Å². The minimum atomic E-state index is -0.562. The summed E-state index contributed by atoms with van der Waals surface area (Å²) in [7, 11) is 0. The maximum Gasteiger partial charge on any atom is 0.243 e. The zero-order valence-corrected chi connectivity index (χ0v) is 11.8. The Morgan fingerprint density at radius 3 is 2.29 bits per heavy atom. The van der Waals surface area contributed by atoms with Gasteiger partial charge in [0.05, 0.1) is 0 Å². The zero-order chi connectivity index (χ0) is 15.2. The highest BCUT2D eigenvalue weighted by Crippen LogP contribution is 2.13. The molecule has 6 nitrogen and oxygen atoms in total. The van der Waals surface area contributed by atoms with Gasteiger partial charge in [-0.05, 0) is 43.5 Å². The summed E-state index contributed by atoms with van der Waals surface area (Å²) >= 11 is 0. The molecule has 0 aromatic heterocycles. The average molecular weight is 291 g/mol. The Hall–Kier alpha value is -2.08. The van der Waals surface area contributed by atoms with Crippen molar-refractivity contribution in [2.24, 2.45) is 5.73 Å². The van der Waals surface area contributed by atoms with Crippen LogP contribution in [0.5, 0.6) is 5.75 Å². The van der Waals surface area contributed by atoms with E-state index < -0.39 is 12.1 Å². The van der Waals surface area contributed by atoms with Crippen molar-refractivity contribution in [3.63, 3.8) is 0 Å². The lowest BCUT2D eigenvalue weighted by molar-refractivity contribution is -0.136. The maximum absolute atomic E-state index is 12.1. The number of phenolic OH excluding ortho intramolecular Hbond substituents is 1. The van der Waals surface area contributed by atoms with Gasteiger partial charge >= 0.3 is 0 Å². The fourth-order valence-electron chi connectivity index (χ4n) is 2.38. The van der Waals surface area contributed by atoms with Crippen LogP contribution in [-0.4, -0.2) is 35.5 Å². The van der Waals surface area contributed by atoms with Gasteiger partial charge in [-0.3, -0.25) is 9.59 Å². The lowest BCUT2D eigenvalue weighted by atomic mass is 10.00. The molecule has 1 aromatic carbocycles. The van der Waals surface area contributed by atoms with E-state index in [0.717, 1.165) is 18.4 Å². The summed E-state index contributed by atoms with van der Waals surface area (Å²) in [5.74, 6) is -0.133. The molecule has 0 radical (unpaired) electrons. The van der Waals surface area contributed by atoms with Crippen molar-refractivity contribution in [3.8, 4) is 5.75 Å². The fraction of sp³-hybridized carbons (Fsp3) is 0.467. The van der Waals surface area contributed by atoms with Crippen LogP contribution in [0.4, 0.5) is 0 Å². The lowest BCUT2D eigenvalue weighted by Gasteiger charge is -2.29. The van der Waals surface area contributed by atoms with Crippen molar-refractivity contribution in [1.29, 1.82) is 0 Å². The Morgan fingerprint density at radius 1 is 1.00 bits per heavy atom. The first kappa shape index (κ1) is 15.3. The molecule has 1 aliphatic heterocycles. The molecule has 1 saturated heterocycles. The average Bonchev–Trinajstić information content (AvgIpc) is 2.46. The van der Waals surface area contributed by atoms with Gasteiger partial charge in [-0.15, -0.1) is 0 Å². The molecule has 114 valence electrons. The van der Waals surface area contributed by atoms with Crippen LogP contribution in [0.2, 0.25) is 0 Å². The second-order valence-corrected chi connectivity index (χ2v) is 5.28. The van der Waals surface area contributed by atoms with Crippen LogP contribution in [-0.2, 0) is 16.0 Å². The largest absolute Gasteiger partial charge is 0.508 e. The quantitative estimate of drug-likeness (QED) is 0.556. The van der Waals surface area contributed by atoms with Gasteiger partial charge in [0.15, 0.2) is 0 Å². The summed E-state index contributed by atoms with van der Waals surface area (Å²) in [5, 5.41) is 14.8. The first-order valence-corrected chi connectivity index (χ1v) is 7.19. The van der Waals surface area contributed by atoms with E-state index in [1.807, 2.05) is 0 Å². The molecule has 1 heterocycles. The molecule has 21 heavy (non-hydrogen) atoms. The second kappa shape index (κ2) is 7.08. The summed E-state index contributed by atoms with van der Waals surface area (Å²) in [6, 6.07) is 5.58. The zero-order valence-electron chi connectivity index (χ0n) is 11.8. The highest BCUT2D eigenvalue weighted by Gasteiger charge is 2.32. The van der Waals surface area contributed by atoms with Crippen LogP contribution in [0.25, 0.3) is 0 Å². The van der Waals surface area contributed by atoms with Crippen LogP contribution < -0.4 is 16.4 Å². The van der Waals surface area contributed by atoms with E-state index in [1.165, 1.54) is 0 Å². The van der Waals surface area contributed by atoms with E-state index >= 15 is 0 Å². The number of carbonyl (C=O) groups is 2. The highest BCUT2D eigenvalue weighted by atomic mass is 16.3. The summed E-state index contributed by atoms with van der Waals surface area (Å²) in [5.41, 5.74) is 6.30. The molecule has 6 heteroatoms. The Kier molecular flexibility index (Phi) is 5.16. The molecule has 1 aliphatic rings. The van der Waals surface area contributed by atoms with E-state index in [4.69, 9.17) is 5.73 Å². The topological polar surface area (TPSA) is 104 Å². The molecule has 1 aromatic rings. The Balaban J connectivity index is 1.91. The fourth-order valence-corrected chi connectivity index (χ4v) is 2.38. The second-order valence-electron chi connectivity index (χ2n) is 5.28. The van der Waals surface area contributed by atoms with Crippen molar-refractivity contribution in [1.82, 2.24) is 10.6 Å². The Labute approximate surface area is 123 Å². The van der Waals surface area contributed by atoms with Gasteiger partial charge < -0.3 is 21.5 Å². The van der Waals surface area contributed by atoms with Gasteiger partial charge in [-0.2, -0.15) is 0 Å². The molecule has 0 spiro atoms.